The fourth-order valence-electron chi connectivity index (χ4n) is 4.12. The lowest BCUT2D eigenvalue weighted by Gasteiger charge is -2.39. The third-order valence-electron chi connectivity index (χ3n) is 5.80. The van der Waals surface area contributed by atoms with Crippen molar-refractivity contribution in [2.24, 2.45) is 5.73 Å². The molecule has 0 bridgehead atoms. The van der Waals surface area contributed by atoms with Gasteiger partial charge in [0.1, 0.15) is 22.8 Å². The number of imidazole rings is 1. The molecule has 0 radical (unpaired) electrons. The largest absolute Gasteiger partial charge is 0.457 e. The van der Waals surface area contributed by atoms with Gasteiger partial charge in [-0.2, -0.15) is 0 Å². The van der Waals surface area contributed by atoms with E-state index in [9.17, 15) is 9.59 Å². The molecule has 9 nitrogen and oxygen atoms in total. The Kier molecular flexibility index (Phi) is 5.47. The molecule has 0 atom stereocenters. The summed E-state index contributed by atoms with van der Waals surface area (Å²) in [5.41, 5.74) is 8.23. The fraction of sp³-hybridized carbons (Fsp3) is 0.269. The predicted molar refractivity (Wildman–Crippen MR) is 131 cm³/mol. The Morgan fingerprint density at radius 1 is 1.03 bits per heavy atom. The first kappa shape index (κ1) is 22.5. The number of nitrogens with two attached hydrogens (primary N) is 1. The van der Waals surface area contributed by atoms with Crippen molar-refractivity contribution in [1.82, 2.24) is 19.5 Å². The summed E-state index contributed by atoms with van der Waals surface area (Å²) < 4.78 is 12.9. The number of carbonyl (C=O) groups is 2. The van der Waals surface area contributed by atoms with Crippen LogP contribution in [0.15, 0.2) is 60.8 Å². The molecule has 1 aliphatic heterocycles. The highest BCUT2D eigenvalue weighted by atomic mass is 16.6. The quantitative estimate of drug-likeness (QED) is 0.441. The number of rotatable bonds is 5. The van der Waals surface area contributed by atoms with E-state index < -0.39 is 11.5 Å². The van der Waals surface area contributed by atoms with E-state index in [-0.39, 0.29) is 17.7 Å². The van der Waals surface area contributed by atoms with Gasteiger partial charge in [0.2, 0.25) is 0 Å². The fourth-order valence-corrected chi connectivity index (χ4v) is 4.12. The van der Waals surface area contributed by atoms with Gasteiger partial charge in [0.15, 0.2) is 11.3 Å². The summed E-state index contributed by atoms with van der Waals surface area (Å²) >= 11 is 0. The molecule has 0 saturated carbocycles. The van der Waals surface area contributed by atoms with E-state index in [0.29, 0.717) is 30.2 Å². The van der Waals surface area contributed by atoms with Crippen LogP contribution in [0.3, 0.4) is 0 Å². The maximum absolute atomic E-state index is 12.4. The Balaban J connectivity index is 1.39. The van der Waals surface area contributed by atoms with Gasteiger partial charge in [-0.3, -0.25) is 9.89 Å². The third kappa shape index (κ3) is 4.44. The lowest BCUT2D eigenvalue weighted by atomic mass is 9.94. The second-order valence-electron chi connectivity index (χ2n) is 9.58. The number of likely N-dealkylation sites (tertiary alicyclic amines) is 1. The van der Waals surface area contributed by atoms with Crippen LogP contribution < -0.4 is 10.5 Å². The smallest absolute Gasteiger partial charge is 0.410 e. The van der Waals surface area contributed by atoms with Crippen LogP contribution in [0, 0.1) is 0 Å². The summed E-state index contributed by atoms with van der Waals surface area (Å²) in [5.74, 6) is 0.894. The lowest BCUT2D eigenvalue weighted by Crippen LogP contribution is -2.50. The summed E-state index contributed by atoms with van der Waals surface area (Å²) in [4.78, 5) is 31.1. The number of fused-ring (bicyclic) bond motifs is 1. The van der Waals surface area contributed by atoms with Crippen LogP contribution in [0.5, 0.6) is 11.5 Å². The first-order valence-corrected chi connectivity index (χ1v) is 11.4. The monoisotopic (exact) mass is 473 g/mol. The highest BCUT2D eigenvalue weighted by Crippen LogP contribution is 2.34. The summed E-state index contributed by atoms with van der Waals surface area (Å²) in [6, 6.07) is 16.8. The number of primary amides is 1. The van der Waals surface area contributed by atoms with Crippen molar-refractivity contribution >= 4 is 17.6 Å². The van der Waals surface area contributed by atoms with Crippen molar-refractivity contribution in [1.29, 1.82) is 0 Å². The summed E-state index contributed by atoms with van der Waals surface area (Å²) in [6.45, 7) is 6.56. The van der Waals surface area contributed by atoms with E-state index in [2.05, 4.69) is 5.10 Å². The molecule has 1 aliphatic rings. The molecule has 1 saturated heterocycles. The van der Waals surface area contributed by atoms with Crippen LogP contribution in [0.2, 0.25) is 0 Å². The van der Waals surface area contributed by atoms with Crippen molar-refractivity contribution in [3.63, 3.8) is 0 Å². The topological polar surface area (TPSA) is 115 Å². The molecule has 35 heavy (non-hydrogen) atoms. The summed E-state index contributed by atoms with van der Waals surface area (Å²) in [6.07, 6.45) is 1.48. The van der Waals surface area contributed by atoms with Gasteiger partial charge in [0.25, 0.3) is 5.91 Å². The van der Waals surface area contributed by atoms with E-state index in [0.717, 1.165) is 16.9 Å². The van der Waals surface area contributed by atoms with Gasteiger partial charge in [-0.1, -0.05) is 18.2 Å². The van der Waals surface area contributed by atoms with Crippen molar-refractivity contribution in [2.45, 2.75) is 32.3 Å². The molecule has 2 amide bonds. The first-order valence-electron chi connectivity index (χ1n) is 11.4. The highest BCUT2D eigenvalue weighted by molar-refractivity contribution is 5.98. The molecule has 3 heterocycles. The molecule has 9 heteroatoms. The Hall–Kier alpha value is -4.27. The third-order valence-corrected chi connectivity index (χ3v) is 5.80. The van der Waals surface area contributed by atoms with Crippen molar-refractivity contribution in [2.75, 3.05) is 13.1 Å². The van der Waals surface area contributed by atoms with E-state index >= 15 is 0 Å². The maximum Gasteiger partial charge on any atom is 0.410 e. The number of para-hydroxylation sites is 1. The maximum atomic E-state index is 12.4. The number of nitrogens with one attached hydrogen (secondary N) is 1. The SMILES string of the molecule is CC(C)(C)OC(=O)N1CC(c2c[nH]n3c(C(N)=O)c(-c4ccc(Oc5ccccc5)cc4)nc23)C1. The van der Waals surface area contributed by atoms with Crippen molar-refractivity contribution in [3.05, 3.63) is 72.1 Å². The van der Waals surface area contributed by atoms with Crippen LogP contribution in [0.25, 0.3) is 16.9 Å². The number of hydrogen-bond acceptors (Lipinski definition) is 5. The van der Waals surface area contributed by atoms with Crippen LogP contribution >= 0.6 is 0 Å². The number of amides is 2. The van der Waals surface area contributed by atoms with Gasteiger partial charge in [-0.05, 0) is 57.2 Å². The Morgan fingerprint density at radius 2 is 1.69 bits per heavy atom. The zero-order chi connectivity index (χ0) is 24.7. The summed E-state index contributed by atoms with van der Waals surface area (Å²) in [5, 5.41) is 3.10. The van der Waals surface area contributed by atoms with E-state index in [1.807, 2.05) is 81.6 Å². The van der Waals surface area contributed by atoms with Gasteiger partial charge in [-0.15, -0.1) is 0 Å². The summed E-state index contributed by atoms with van der Waals surface area (Å²) in [7, 11) is 0. The van der Waals surface area contributed by atoms with Gasteiger partial charge >= 0.3 is 6.09 Å². The number of H-pyrrole nitrogens is 1. The molecular weight excluding hydrogens is 446 g/mol. The second-order valence-corrected chi connectivity index (χ2v) is 9.58. The Labute approximate surface area is 202 Å². The van der Waals surface area contributed by atoms with Gasteiger partial charge in [0, 0.05) is 36.3 Å². The molecule has 2 aromatic carbocycles. The standard InChI is InChI=1S/C26H27N5O4/c1-26(2,3)35-25(33)30-14-17(15-30)20-13-28-31-22(23(27)32)21(29-24(20)31)16-9-11-19(12-10-16)34-18-7-5-4-6-8-18/h4-13,17,28H,14-15H2,1-3H3,(H2,27,32). The number of hydrogen-bond donors (Lipinski definition) is 2. The van der Waals surface area contributed by atoms with Crippen LogP contribution in [0.4, 0.5) is 4.79 Å². The molecule has 2 aromatic heterocycles. The van der Waals surface area contributed by atoms with E-state index in [1.54, 1.807) is 9.42 Å². The number of benzene rings is 2. The van der Waals surface area contributed by atoms with Crippen LogP contribution in [0.1, 0.15) is 42.7 Å². The molecule has 3 N–H and O–H groups in total. The lowest BCUT2D eigenvalue weighted by molar-refractivity contribution is 0.00827. The minimum atomic E-state index is -0.588. The van der Waals surface area contributed by atoms with Crippen molar-refractivity contribution < 1.29 is 19.1 Å². The molecule has 0 unspecified atom stereocenters. The zero-order valence-corrected chi connectivity index (χ0v) is 19.8. The number of nitrogens with zero attached hydrogens (tertiary/aromatic N) is 3. The average molecular weight is 474 g/mol. The minimum Gasteiger partial charge on any atom is -0.457 e. The zero-order valence-electron chi connectivity index (χ0n) is 19.8. The average Bonchev–Trinajstić information content (AvgIpc) is 3.33. The molecule has 5 rings (SSSR count). The van der Waals surface area contributed by atoms with Crippen LogP contribution in [-0.2, 0) is 4.74 Å². The number of aromatic amines is 1. The molecular formula is C26H27N5O4. The molecule has 4 aromatic rings. The Bertz CT molecular complexity index is 1380. The van der Waals surface area contributed by atoms with Gasteiger partial charge in [0.05, 0.1) is 0 Å². The first-order chi connectivity index (χ1) is 16.7. The van der Waals surface area contributed by atoms with E-state index in [4.69, 9.17) is 20.2 Å². The normalized spacial score (nSPS) is 14.1. The second kappa shape index (κ2) is 8.50. The highest BCUT2D eigenvalue weighted by Gasteiger charge is 2.37. The minimum absolute atomic E-state index is 0.0777. The Morgan fingerprint density at radius 3 is 2.31 bits per heavy atom. The number of carbonyl (C=O) groups excluding carboxylic acids is 2. The van der Waals surface area contributed by atoms with Gasteiger partial charge in [-0.25, -0.2) is 14.3 Å². The van der Waals surface area contributed by atoms with Crippen LogP contribution in [-0.4, -0.2) is 50.2 Å². The number of aromatic nitrogens is 3. The number of ether oxygens (including phenoxy) is 2. The predicted octanol–water partition coefficient (Wildman–Crippen LogP) is 4.55. The van der Waals surface area contributed by atoms with Crippen molar-refractivity contribution in [3.8, 4) is 22.8 Å². The molecule has 180 valence electrons. The molecule has 0 spiro atoms. The van der Waals surface area contributed by atoms with E-state index in [1.165, 1.54) is 0 Å². The molecule has 1 fully saturated rings. The molecule has 0 aliphatic carbocycles. The van der Waals surface area contributed by atoms with Gasteiger partial charge < -0.3 is 20.1 Å².